The summed E-state index contributed by atoms with van der Waals surface area (Å²) in [5, 5.41) is 0. The Morgan fingerprint density at radius 1 is 0.725 bits per heavy atom. The average Bonchev–Trinajstić information content (AvgIpc) is 3.53. The Bertz CT molecular complexity index is 2190. The lowest BCUT2D eigenvalue weighted by atomic mass is 10.2. The van der Waals surface area contributed by atoms with Gasteiger partial charge in [-0.2, -0.15) is 0 Å². The van der Waals surface area contributed by atoms with Crippen molar-refractivity contribution < 1.29 is 4.39 Å². The van der Waals surface area contributed by atoms with Crippen molar-refractivity contribution in [3.63, 3.8) is 0 Å². The summed E-state index contributed by atoms with van der Waals surface area (Å²) in [6.07, 6.45) is 0. The molecule has 0 aliphatic carbocycles. The zero-order valence-electron chi connectivity index (χ0n) is 22.6. The predicted molar refractivity (Wildman–Crippen MR) is 155 cm³/mol. The summed E-state index contributed by atoms with van der Waals surface area (Å²) in [6, 6.07) is 21.6. The van der Waals surface area contributed by atoms with Crippen molar-refractivity contribution in [2.45, 2.75) is 34.2 Å². The van der Waals surface area contributed by atoms with Crippen LogP contribution in [0.5, 0.6) is 0 Å². The number of para-hydroxylation sites is 4. The maximum atomic E-state index is 13.1. The quantitative estimate of drug-likeness (QED) is 0.328. The SMILES string of the molecule is Cc1[nH]c2nc3ccccc3n2c(=O)c1C.Cc1c(C)n(Cc2ccc(F)cc2)c2nc3ccccc3n2c1=O. The van der Waals surface area contributed by atoms with E-state index in [9.17, 15) is 14.0 Å². The third kappa shape index (κ3) is 4.07. The minimum atomic E-state index is -0.261. The molecule has 40 heavy (non-hydrogen) atoms. The van der Waals surface area contributed by atoms with Crippen LogP contribution in [0.1, 0.15) is 28.1 Å². The summed E-state index contributed by atoms with van der Waals surface area (Å²) in [6.45, 7) is 7.98. The zero-order valence-corrected chi connectivity index (χ0v) is 22.6. The van der Waals surface area contributed by atoms with Gasteiger partial charge in [-0.05, 0) is 69.7 Å². The van der Waals surface area contributed by atoms with E-state index in [4.69, 9.17) is 0 Å². The lowest BCUT2D eigenvalue weighted by Crippen LogP contribution is -2.23. The minimum Gasteiger partial charge on any atom is -0.329 e. The van der Waals surface area contributed by atoms with Gasteiger partial charge in [0.2, 0.25) is 11.6 Å². The summed E-state index contributed by atoms with van der Waals surface area (Å²) >= 11 is 0. The number of aromatic amines is 1. The predicted octanol–water partition coefficient (Wildman–Crippen LogP) is 5.25. The number of hydrogen-bond acceptors (Lipinski definition) is 4. The van der Waals surface area contributed by atoms with Gasteiger partial charge in [-0.15, -0.1) is 0 Å². The topological polar surface area (TPSA) is 89.5 Å². The smallest absolute Gasteiger partial charge is 0.262 e. The van der Waals surface area contributed by atoms with Crippen LogP contribution in [-0.4, -0.2) is 28.3 Å². The minimum absolute atomic E-state index is 0.0000463. The molecule has 0 aliphatic heterocycles. The van der Waals surface area contributed by atoms with Crippen LogP contribution in [0.3, 0.4) is 0 Å². The second-order valence-electron chi connectivity index (χ2n) is 9.90. The summed E-state index contributed by atoms with van der Waals surface area (Å²) in [4.78, 5) is 37.0. The van der Waals surface area contributed by atoms with Gasteiger partial charge in [0, 0.05) is 22.5 Å². The van der Waals surface area contributed by atoms with Crippen LogP contribution in [0.15, 0.2) is 82.4 Å². The molecule has 0 saturated carbocycles. The van der Waals surface area contributed by atoms with Gasteiger partial charge < -0.3 is 9.55 Å². The Morgan fingerprint density at radius 3 is 1.98 bits per heavy atom. The summed E-state index contributed by atoms with van der Waals surface area (Å²) < 4.78 is 18.4. The maximum Gasteiger partial charge on any atom is 0.262 e. The third-order valence-electron chi connectivity index (χ3n) is 7.46. The molecule has 9 heteroatoms. The number of rotatable bonds is 2. The molecule has 4 aromatic heterocycles. The van der Waals surface area contributed by atoms with E-state index in [0.29, 0.717) is 23.7 Å². The fourth-order valence-corrected chi connectivity index (χ4v) is 4.94. The fraction of sp³-hybridized carbons (Fsp3) is 0.161. The fourth-order valence-electron chi connectivity index (χ4n) is 4.94. The van der Waals surface area contributed by atoms with E-state index in [2.05, 4.69) is 15.0 Å². The second-order valence-corrected chi connectivity index (χ2v) is 9.90. The molecule has 7 aromatic rings. The van der Waals surface area contributed by atoms with Crippen LogP contribution in [-0.2, 0) is 6.54 Å². The largest absolute Gasteiger partial charge is 0.329 e. The van der Waals surface area contributed by atoms with Gasteiger partial charge in [0.1, 0.15) is 5.82 Å². The number of imidazole rings is 2. The first-order chi connectivity index (χ1) is 19.2. The van der Waals surface area contributed by atoms with Gasteiger partial charge in [-0.1, -0.05) is 36.4 Å². The molecule has 3 aromatic carbocycles. The molecule has 200 valence electrons. The number of H-pyrrole nitrogens is 1. The Hall–Kier alpha value is -5.05. The number of aromatic nitrogens is 6. The van der Waals surface area contributed by atoms with E-state index in [1.165, 1.54) is 12.1 Å². The standard InChI is InChI=1S/C19H16FN3O.C12H11N3O/c1-12-13(2)22(11-14-7-9-15(20)10-8-14)19-21-16-5-3-4-6-17(16)23(19)18(12)24;1-7-8(2)13-12-14-9-5-3-4-6-10(9)15(12)11(7)16/h3-10H,11H2,1-2H3;3-6H,1-2H3,(H,13,14). The Kier molecular flexibility index (Phi) is 6.06. The molecule has 0 unspecified atom stereocenters. The van der Waals surface area contributed by atoms with Gasteiger partial charge in [-0.25, -0.2) is 23.2 Å². The monoisotopic (exact) mass is 534 g/mol. The molecular weight excluding hydrogens is 507 g/mol. The van der Waals surface area contributed by atoms with Crippen molar-refractivity contribution >= 4 is 33.6 Å². The van der Waals surface area contributed by atoms with Gasteiger partial charge in [0.15, 0.2) is 0 Å². The van der Waals surface area contributed by atoms with E-state index < -0.39 is 0 Å². The molecular formula is C31H27FN6O2. The van der Waals surface area contributed by atoms with Crippen LogP contribution in [0.2, 0.25) is 0 Å². The lowest BCUT2D eigenvalue weighted by molar-refractivity contribution is 0.626. The first kappa shape index (κ1) is 25.2. The summed E-state index contributed by atoms with van der Waals surface area (Å²) in [5.74, 6) is 0.950. The molecule has 1 N–H and O–H groups in total. The average molecular weight is 535 g/mol. The number of fused-ring (bicyclic) bond motifs is 6. The molecule has 0 aliphatic rings. The normalized spacial score (nSPS) is 11.4. The zero-order chi connectivity index (χ0) is 28.1. The Balaban J connectivity index is 0.000000157. The van der Waals surface area contributed by atoms with Gasteiger partial charge in [0.25, 0.3) is 11.1 Å². The second kappa shape index (κ2) is 9.60. The Labute approximate surface area is 228 Å². The van der Waals surface area contributed by atoms with E-state index in [0.717, 1.165) is 44.6 Å². The van der Waals surface area contributed by atoms with Crippen LogP contribution in [0, 0.1) is 33.5 Å². The number of benzene rings is 3. The van der Waals surface area contributed by atoms with E-state index in [-0.39, 0.29) is 16.9 Å². The van der Waals surface area contributed by atoms with Crippen molar-refractivity contribution in [3.8, 4) is 0 Å². The van der Waals surface area contributed by atoms with E-state index in [1.807, 2.05) is 80.8 Å². The molecule has 0 fully saturated rings. The van der Waals surface area contributed by atoms with Crippen molar-refractivity contribution in [3.05, 3.63) is 127 Å². The first-order valence-corrected chi connectivity index (χ1v) is 12.9. The highest BCUT2D eigenvalue weighted by Gasteiger charge is 2.16. The number of halogens is 1. The molecule has 7 rings (SSSR count). The van der Waals surface area contributed by atoms with Crippen LogP contribution in [0.25, 0.3) is 33.6 Å². The van der Waals surface area contributed by atoms with E-state index >= 15 is 0 Å². The van der Waals surface area contributed by atoms with Crippen molar-refractivity contribution in [1.29, 1.82) is 0 Å². The third-order valence-corrected chi connectivity index (χ3v) is 7.46. The van der Waals surface area contributed by atoms with Crippen LogP contribution in [0.4, 0.5) is 4.39 Å². The molecule has 0 radical (unpaired) electrons. The molecule has 0 bridgehead atoms. The molecule has 0 atom stereocenters. The van der Waals surface area contributed by atoms with Gasteiger partial charge in [-0.3, -0.25) is 9.59 Å². The highest BCUT2D eigenvalue weighted by atomic mass is 19.1. The van der Waals surface area contributed by atoms with Gasteiger partial charge >= 0.3 is 0 Å². The number of nitrogens with zero attached hydrogens (tertiary/aromatic N) is 5. The number of aryl methyl sites for hydroxylation is 1. The number of nitrogens with one attached hydrogen (secondary N) is 1. The Morgan fingerprint density at radius 2 is 1.30 bits per heavy atom. The first-order valence-electron chi connectivity index (χ1n) is 12.9. The van der Waals surface area contributed by atoms with Crippen molar-refractivity contribution in [2.24, 2.45) is 0 Å². The summed E-state index contributed by atoms with van der Waals surface area (Å²) in [5.41, 5.74) is 7.33. The van der Waals surface area contributed by atoms with Crippen LogP contribution >= 0.6 is 0 Å². The van der Waals surface area contributed by atoms with Crippen molar-refractivity contribution in [1.82, 2.24) is 28.3 Å². The van der Waals surface area contributed by atoms with Gasteiger partial charge in [0.05, 0.1) is 28.6 Å². The van der Waals surface area contributed by atoms with Crippen molar-refractivity contribution in [2.75, 3.05) is 0 Å². The molecule has 0 amide bonds. The molecule has 8 nitrogen and oxygen atoms in total. The maximum absolute atomic E-state index is 13.1. The van der Waals surface area contributed by atoms with Crippen LogP contribution < -0.4 is 11.1 Å². The highest BCUT2D eigenvalue weighted by molar-refractivity contribution is 5.80. The lowest BCUT2D eigenvalue weighted by Gasteiger charge is -2.14. The van der Waals surface area contributed by atoms with E-state index in [1.54, 1.807) is 20.9 Å². The molecule has 0 spiro atoms. The highest BCUT2D eigenvalue weighted by Crippen LogP contribution is 2.19. The number of hydrogen-bond donors (Lipinski definition) is 1. The molecule has 4 heterocycles. The summed E-state index contributed by atoms with van der Waals surface area (Å²) in [7, 11) is 0. The molecule has 0 saturated heterocycles.